The highest BCUT2D eigenvalue weighted by Crippen LogP contribution is 2.39. The number of benzene rings is 3. The van der Waals surface area contributed by atoms with Gasteiger partial charge < -0.3 is 14.6 Å². The van der Waals surface area contributed by atoms with E-state index in [0.717, 1.165) is 22.6 Å². The van der Waals surface area contributed by atoms with Crippen molar-refractivity contribution in [3.8, 4) is 17.2 Å². The molecule has 2 N–H and O–H groups in total. The molecule has 2 atom stereocenters. The van der Waals surface area contributed by atoms with Gasteiger partial charge in [0.25, 0.3) is 0 Å². The molecule has 0 saturated heterocycles. The third kappa shape index (κ3) is 4.54. The molecule has 31 heavy (non-hydrogen) atoms. The zero-order chi connectivity index (χ0) is 21.8. The van der Waals surface area contributed by atoms with Gasteiger partial charge >= 0.3 is 0 Å². The fourth-order valence-corrected chi connectivity index (χ4v) is 3.80. The van der Waals surface area contributed by atoms with E-state index in [0.29, 0.717) is 24.3 Å². The van der Waals surface area contributed by atoms with Crippen LogP contribution in [0.25, 0.3) is 0 Å². The zero-order valence-electron chi connectivity index (χ0n) is 17.5. The lowest BCUT2D eigenvalue weighted by atomic mass is 9.93. The lowest BCUT2D eigenvalue weighted by Gasteiger charge is -2.31. The number of phenols is 1. The Morgan fingerprint density at radius 2 is 1.87 bits per heavy atom. The number of rotatable bonds is 6. The molecule has 0 saturated carbocycles. The highest BCUT2D eigenvalue weighted by molar-refractivity contribution is 6.01. The number of aliphatic imine (C=N–C) groups is 1. The Morgan fingerprint density at radius 1 is 1.10 bits per heavy atom. The van der Waals surface area contributed by atoms with Crippen LogP contribution in [-0.2, 0) is 0 Å². The fraction of sp³-hybridized carbons (Fsp3) is 0.240. The van der Waals surface area contributed by atoms with E-state index in [4.69, 9.17) is 14.5 Å². The number of hydrogen-bond acceptors (Lipinski definition) is 5. The molecule has 4 rings (SSSR count). The lowest BCUT2D eigenvalue weighted by Crippen LogP contribution is -2.33. The van der Waals surface area contributed by atoms with Gasteiger partial charge in [0.15, 0.2) is 11.5 Å². The van der Waals surface area contributed by atoms with E-state index in [1.165, 1.54) is 12.1 Å². The van der Waals surface area contributed by atoms with Crippen molar-refractivity contribution in [1.29, 1.82) is 0 Å². The average Bonchev–Trinajstić information content (AvgIpc) is 2.80. The van der Waals surface area contributed by atoms with Gasteiger partial charge in [-0.15, -0.1) is 0 Å². The molecule has 0 bridgehead atoms. The van der Waals surface area contributed by atoms with Crippen molar-refractivity contribution in [3.05, 3.63) is 89.2 Å². The fourth-order valence-electron chi connectivity index (χ4n) is 3.80. The molecule has 0 spiro atoms. The third-order valence-corrected chi connectivity index (χ3v) is 5.33. The summed E-state index contributed by atoms with van der Waals surface area (Å²) in [6.07, 6.45) is 0.100. The molecule has 0 aromatic heterocycles. The van der Waals surface area contributed by atoms with Gasteiger partial charge in [0.1, 0.15) is 17.7 Å². The largest absolute Gasteiger partial charge is 0.504 e. The molecule has 0 fully saturated rings. The molecule has 5 nitrogen and oxygen atoms in total. The summed E-state index contributed by atoms with van der Waals surface area (Å²) in [5, 5.41) is 14.3. The van der Waals surface area contributed by atoms with Gasteiger partial charge in [-0.05, 0) is 60.5 Å². The molecule has 1 heterocycles. The number of para-hydroxylation sites is 1. The monoisotopic (exact) mass is 420 g/mol. The number of aromatic hydroxyl groups is 1. The molecule has 160 valence electrons. The smallest absolute Gasteiger partial charge is 0.162 e. The Morgan fingerprint density at radius 3 is 2.58 bits per heavy atom. The minimum Gasteiger partial charge on any atom is -0.504 e. The first-order valence-electron chi connectivity index (χ1n) is 10.3. The molecule has 0 unspecified atom stereocenters. The van der Waals surface area contributed by atoms with Crippen molar-refractivity contribution >= 4 is 5.71 Å². The molecular formula is C25H25FN2O3. The molecule has 1 aliphatic rings. The van der Waals surface area contributed by atoms with Crippen molar-refractivity contribution in [2.24, 2.45) is 4.99 Å². The van der Waals surface area contributed by atoms with Crippen LogP contribution in [0.3, 0.4) is 0 Å². The molecule has 1 aliphatic heterocycles. The first-order chi connectivity index (χ1) is 15.1. The number of phenolic OH excluding ortho intramolecular Hbond substituents is 1. The number of methoxy groups -OCH3 is 1. The van der Waals surface area contributed by atoms with Gasteiger partial charge in [-0.25, -0.2) is 4.39 Å². The third-order valence-electron chi connectivity index (χ3n) is 5.33. The van der Waals surface area contributed by atoms with Crippen LogP contribution in [0.2, 0.25) is 0 Å². The van der Waals surface area contributed by atoms with Gasteiger partial charge in [0.05, 0.1) is 13.7 Å². The molecule has 3 aromatic rings. The van der Waals surface area contributed by atoms with E-state index in [9.17, 15) is 9.50 Å². The van der Waals surface area contributed by atoms with Crippen LogP contribution in [0.5, 0.6) is 17.2 Å². The Bertz CT molecular complexity index is 1080. The second-order valence-electron chi connectivity index (χ2n) is 7.31. The molecule has 6 heteroatoms. The minimum absolute atomic E-state index is 0.107. The molecule has 3 aromatic carbocycles. The summed E-state index contributed by atoms with van der Waals surface area (Å²) in [5.41, 5.74) is 3.25. The summed E-state index contributed by atoms with van der Waals surface area (Å²) in [6, 6.07) is 19.3. The Hall–Kier alpha value is -3.38. The van der Waals surface area contributed by atoms with E-state index in [2.05, 4.69) is 5.32 Å². The van der Waals surface area contributed by atoms with E-state index < -0.39 is 6.17 Å². The van der Waals surface area contributed by atoms with Crippen molar-refractivity contribution in [2.75, 3.05) is 13.7 Å². The Kier molecular flexibility index (Phi) is 6.18. The Labute approximate surface area is 181 Å². The van der Waals surface area contributed by atoms with Gasteiger partial charge in [-0.1, -0.05) is 24.3 Å². The van der Waals surface area contributed by atoms with Crippen LogP contribution >= 0.6 is 0 Å². The van der Waals surface area contributed by atoms with E-state index >= 15 is 0 Å². The SMILES string of the molecule is CCOc1cccc([C@@H]2CC(c3ccc(OC)cc3)=N[C@@H](c3cccc(F)c3)N2)c1O. The summed E-state index contributed by atoms with van der Waals surface area (Å²) in [5.74, 6) is 0.996. The van der Waals surface area contributed by atoms with Gasteiger partial charge in [-0.3, -0.25) is 10.3 Å². The highest BCUT2D eigenvalue weighted by Gasteiger charge is 2.28. The number of nitrogens with zero attached hydrogens (tertiary/aromatic N) is 1. The van der Waals surface area contributed by atoms with Crippen molar-refractivity contribution in [3.63, 3.8) is 0 Å². The summed E-state index contributed by atoms with van der Waals surface area (Å²) in [6.45, 7) is 2.33. The maximum Gasteiger partial charge on any atom is 0.162 e. The van der Waals surface area contributed by atoms with E-state index in [1.807, 2.05) is 49.4 Å². The van der Waals surface area contributed by atoms with Crippen LogP contribution < -0.4 is 14.8 Å². The number of ether oxygens (including phenoxy) is 2. The van der Waals surface area contributed by atoms with E-state index in [1.54, 1.807) is 19.2 Å². The Balaban J connectivity index is 1.74. The second-order valence-corrected chi connectivity index (χ2v) is 7.31. The first-order valence-corrected chi connectivity index (χ1v) is 10.3. The summed E-state index contributed by atoms with van der Waals surface area (Å²) >= 11 is 0. The predicted molar refractivity (Wildman–Crippen MR) is 118 cm³/mol. The van der Waals surface area contributed by atoms with Gasteiger partial charge in [0.2, 0.25) is 0 Å². The van der Waals surface area contributed by atoms with Crippen LogP contribution in [0, 0.1) is 5.82 Å². The number of hydrogen-bond donors (Lipinski definition) is 2. The standard InChI is InChI=1S/C25H25FN2O3/c1-3-31-23-9-5-8-20(24(23)29)22-15-21(16-10-12-19(30-2)13-11-16)27-25(28-22)17-6-4-7-18(26)14-17/h4-14,22,25,28-29H,3,15H2,1-2H3/t22-,25+/m0/s1. The van der Waals surface area contributed by atoms with E-state index in [-0.39, 0.29) is 17.6 Å². The zero-order valence-corrected chi connectivity index (χ0v) is 17.5. The molecule has 0 amide bonds. The molecule has 0 aliphatic carbocycles. The summed E-state index contributed by atoms with van der Waals surface area (Å²) in [4.78, 5) is 4.87. The van der Waals surface area contributed by atoms with Crippen LogP contribution in [0.15, 0.2) is 71.7 Å². The average molecular weight is 420 g/mol. The summed E-state index contributed by atoms with van der Waals surface area (Å²) in [7, 11) is 1.63. The highest BCUT2D eigenvalue weighted by atomic mass is 19.1. The molecular weight excluding hydrogens is 395 g/mol. The van der Waals surface area contributed by atoms with Gasteiger partial charge in [-0.2, -0.15) is 0 Å². The van der Waals surface area contributed by atoms with Crippen LogP contribution in [0.4, 0.5) is 4.39 Å². The second kappa shape index (κ2) is 9.18. The number of halogens is 1. The van der Waals surface area contributed by atoms with Crippen LogP contribution in [0.1, 0.15) is 42.2 Å². The predicted octanol–water partition coefficient (Wildman–Crippen LogP) is 5.16. The lowest BCUT2D eigenvalue weighted by molar-refractivity contribution is 0.313. The summed E-state index contributed by atoms with van der Waals surface area (Å²) < 4.78 is 24.7. The van der Waals surface area contributed by atoms with Crippen molar-refractivity contribution in [2.45, 2.75) is 25.6 Å². The van der Waals surface area contributed by atoms with Crippen molar-refractivity contribution < 1.29 is 19.0 Å². The maximum absolute atomic E-state index is 13.9. The van der Waals surface area contributed by atoms with Gasteiger partial charge in [0, 0.05) is 23.7 Å². The number of nitrogens with one attached hydrogen (secondary N) is 1. The minimum atomic E-state index is -0.457. The van der Waals surface area contributed by atoms with Crippen LogP contribution in [-0.4, -0.2) is 24.5 Å². The topological polar surface area (TPSA) is 63.1 Å². The van der Waals surface area contributed by atoms with Crippen molar-refractivity contribution in [1.82, 2.24) is 5.32 Å². The first kappa shape index (κ1) is 20.9. The quantitative estimate of drug-likeness (QED) is 0.578. The molecule has 0 radical (unpaired) electrons. The normalized spacial score (nSPS) is 18.4. The maximum atomic E-state index is 13.9.